The van der Waals surface area contributed by atoms with Crippen LogP contribution in [-0.2, 0) is 9.84 Å². The molecule has 0 radical (unpaired) electrons. The molecule has 22 heavy (non-hydrogen) atoms. The van der Waals surface area contributed by atoms with Gasteiger partial charge in [0.1, 0.15) is 0 Å². The van der Waals surface area contributed by atoms with Crippen LogP contribution < -0.4 is 0 Å². The Morgan fingerprint density at radius 2 is 2.05 bits per heavy atom. The first kappa shape index (κ1) is 14.8. The summed E-state index contributed by atoms with van der Waals surface area (Å²) in [4.78, 5) is 18.1. The largest absolute Gasteiger partial charge is 0.443 e. The van der Waals surface area contributed by atoms with E-state index in [2.05, 4.69) is 4.98 Å². The molecule has 7 heteroatoms. The summed E-state index contributed by atoms with van der Waals surface area (Å²) in [5, 5.41) is 0. The number of aromatic nitrogens is 1. The molecule has 1 aliphatic rings. The van der Waals surface area contributed by atoms with E-state index in [1.54, 1.807) is 7.05 Å². The van der Waals surface area contributed by atoms with Crippen molar-refractivity contribution >= 4 is 15.7 Å². The normalized spacial score (nSPS) is 20.0. The summed E-state index contributed by atoms with van der Waals surface area (Å²) in [7, 11) is -1.43. The van der Waals surface area contributed by atoms with Gasteiger partial charge < -0.3 is 9.32 Å². The van der Waals surface area contributed by atoms with Gasteiger partial charge in [0.2, 0.25) is 0 Å². The zero-order valence-corrected chi connectivity index (χ0v) is 12.9. The zero-order chi connectivity index (χ0) is 15.7. The van der Waals surface area contributed by atoms with Crippen LogP contribution in [0.4, 0.5) is 0 Å². The molecule has 1 saturated heterocycles. The first-order chi connectivity index (χ1) is 10.5. The molecular formula is C15H16N2O4S. The minimum atomic E-state index is -3.04. The number of carbonyl (C=O) groups excluding carboxylic acids is 1. The summed E-state index contributed by atoms with van der Waals surface area (Å²) in [6.45, 7) is 0. The van der Waals surface area contributed by atoms with Crippen molar-refractivity contribution < 1.29 is 17.6 Å². The predicted octanol–water partition coefficient (Wildman–Crippen LogP) is 1.60. The lowest BCUT2D eigenvalue weighted by molar-refractivity contribution is 0.0743. The highest BCUT2D eigenvalue weighted by atomic mass is 32.2. The molecular weight excluding hydrogens is 304 g/mol. The van der Waals surface area contributed by atoms with E-state index in [-0.39, 0.29) is 29.1 Å². The van der Waals surface area contributed by atoms with Crippen LogP contribution in [0.15, 0.2) is 41.1 Å². The summed E-state index contributed by atoms with van der Waals surface area (Å²) in [5.41, 5.74) is 0.966. The summed E-state index contributed by atoms with van der Waals surface area (Å²) in [6.07, 6.45) is 1.69. The molecule has 1 fully saturated rings. The van der Waals surface area contributed by atoms with Crippen LogP contribution in [0.25, 0.3) is 11.3 Å². The number of nitrogens with zero attached hydrogens (tertiary/aromatic N) is 2. The highest BCUT2D eigenvalue weighted by Crippen LogP contribution is 2.25. The molecule has 0 bridgehead atoms. The Balaban J connectivity index is 1.86. The van der Waals surface area contributed by atoms with Gasteiger partial charge in [0, 0.05) is 18.7 Å². The molecule has 3 rings (SSSR count). The van der Waals surface area contributed by atoms with Gasteiger partial charge in [-0.05, 0) is 6.42 Å². The minimum absolute atomic E-state index is 0.00770. The molecule has 0 N–H and O–H groups in total. The number of oxazole rings is 1. The van der Waals surface area contributed by atoms with Gasteiger partial charge >= 0.3 is 0 Å². The Hall–Kier alpha value is -2.15. The fourth-order valence-electron chi connectivity index (χ4n) is 2.61. The molecule has 1 unspecified atom stereocenters. The monoisotopic (exact) mass is 320 g/mol. The lowest BCUT2D eigenvalue weighted by atomic mass is 10.1. The second-order valence-corrected chi connectivity index (χ2v) is 7.60. The lowest BCUT2D eigenvalue weighted by Crippen LogP contribution is -2.38. The molecule has 0 aliphatic carbocycles. The third-order valence-electron chi connectivity index (χ3n) is 3.88. The molecule has 0 spiro atoms. The quantitative estimate of drug-likeness (QED) is 0.858. The van der Waals surface area contributed by atoms with E-state index in [0.29, 0.717) is 12.2 Å². The van der Waals surface area contributed by atoms with E-state index in [1.165, 1.54) is 11.3 Å². The predicted molar refractivity (Wildman–Crippen MR) is 81.1 cm³/mol. The van der Waals surface area contributed by atoms with Gasteiger partial charge in [0.25, 0.3) is 5.91 Å². The van der Waals surface area contributed by atoms with E-state index >= 15 is 0 Å². The number of hydrogen-bond acceptors (Lipinski definition) is 5. The zero-order valence-electron chi connectivity index (χ0n) is 12.1. The average Bonchev–Trinajstić information content (AvgIpc) is 3.13. The van der Waals surface area contributed by atoms with Gasteiger partial charge in [-0.25, -0.2) is 13.4 Å². The summed E-state index contributed by atoms with van der Waals surface area (Å²) < 4.78 is 28.5. The maximum atomic E-state index is 12.6. The van der Waals surface area contributed by atoms with Crippen molar-refractivity contribution in [1.29, 1.82) is 0 Å². The van der Waals surface area contributed by atoms with Crippen LogP contribution >= 0.6 is 0 Å². The maximum Gasteiger partial charge on any atom is 0.276 e. The SMILES string of the molecule is CN(C(=O)c1ncoc1-c1ccccc1)C1CCS(=O)(=O)C1. The Labute approximate surface area is 128 Å². The van der Waals surface area contributed by atoms with Crippen LogP contribution in [0.2, 0.25) is 0 Å². The van der Waals surface area contributed by atoms with Crippen LogP contribution in [0, 0.1) is 0 Å². The van der Waals surface area contributed by atoms with E-state index in [0.717, 1.165) is 5.56 Å². The van der Waals surface area contributed by atoms with Crippen LogP contribution in [0.3, 0.4) is 0 Å². The Bertz CT molecular complexity index is 783. The Morgan fingerprint density at radius 3 is 2.68 bits per heavy atom. The maximum absolute atomic E-state index is 12.6. The van der Waals surface area contributed by atoms with Crippen molar-refractivity contribution in [3.63, 3.8) is 0 Å². The van der Waals surface area contributed by atoms with Crippen molar-refractivity contribution in [2.45, 2.75) is 12.5 Å². The fraction of sp³-hybridized carbons (Fsp3) is 0.333. The fourth-order valence-corrected chi connectivity index (χ4v) is 4.38. The Kier molecular flexibility index (Phi) is 3.74. The molecule has 1 aliphatic heterocycles. The number of hydrogen-bond donors (Lipinski definition) is 0. The Morgan fingerprint density at radius 1 is 1.32 bits per heavy atom. The number of rotatable bonds is 3. The van der Waals surface area contributed by atoms with E-state index in [9.17, 15) is 13.2 Å². The lowest BCUT2D eigenvalue weighted by Gasteiger charge is -2.22. The van der Waals surface area contributed by atoms with Gasteiger partial charge in [0.05, 0.1) is 11.5 Å². The number of amides is 1. The van der Waals surface area contributed by atoms with Crippen molar-refractivity contribution in [2.75, 3.05) is 18.6 Å². The average molecular weight is 320 g/mol. The number of carbonyl (C=O) groups is 1. The van der Waals surface area contributed by atoms with Crippen LogP contribution in [0.1, 0.15) is 16.9 Å². The van der Waals surface area contributed by atoms with E-state index in [1.807, 2.05) is 30.3 Å². The smallest absolute Gasteiger partial charge is 0.276 e. The van der Waals surface area contributed by atoms with E-state index in [4.69, 9.17) is 4.42 Å². The van der Waals surface area contributed by atoms with E-state index < -0.39 is 9.84 Å². The number of sulfone groups is 1. The molecule has 0 saturated carbocycles. The molecule has 2 aromatic rings. The van der Waals surface area contributed by atoms with Crippen molar-refractivity contribution in [2.24, 2.45) is 0 Å². The van der Waals surface area contributed by atoms with Crippen LogP contribution in [-0.4, -0.2) is 48.8 Å². The van der Waals surface area contributed by atoms with Crippen molar-refractivity contribution in [3.8, 4) is 11.3 Å². The highest BCUT2D eigenvalue weighted by Gasteiger charge is 2.34. The molecule has 1 aromatic carbocycles. The van der Waals surface area contributed by atoms with Crippen LogP contribution in [0.5, 0.6) is 0 Å². The first-order valence-electron chi connectivity index (χ1n) is 6.94. The molecule has 1 atom stereocenters. The topological polar surface area (TPSA) is 80.5 Å². The van der Waals surface area contributed by atoms with Gasteiger partial charge in [-0.1, -0.05) is 30.3 Å². The molecule has 2 heterocycles. The number of benzene rings is 1. The van der Waals surface area contributed by atoms with Gasteiger partial charge in [0.15, 0.2) is 27.7 Å². The standard InChI is InChI=1S/C15H16N2O4S/c1-17(12-7-8-22(19,20)9-12)15(18)13-14(21-10-16-13)11-5-3-2-4-6-11/h2-6,10,12H,7-9H2,1H3. The summed E-state index contributed by atoms with van der Waals surface area (Å²) in [5.74, 6) is 0.209. The first-order valence-corrected chi connectivity index (χ1v) is 8.76. The van der Waals surface area contributed by atoms with Gasteiger partial charge in [-0.2, -0.15) is 0 Å². The third-order valence-corrected chi connectivity index (χ3v) is 5.63. The molecule has 116 valence electrons. The van der Waals surface area contributed by atoms with Crippen molar-refractivity contribution in [1.82, 2.24) is 9.88 Å². The minimum Gasteiger partial charge on any atom is -0.443 e. The summed E-state index contributed by atoms with van der Waals surface area (Å²) >= 11 is 0. The second kappa shape index (κ2) is 5.57. The molecule has 1 aromatic heterocycles. The summed E-state index contributed by atoms with van der Waals surface area (Å²) in [6, 6.07) is 8.92. The third kappa shape index (κ3) is 2.76. The van der Waals surface area contributed by atoms with Gasteiger partial charge in [-0.15, -0.1) is 0 Å². The second-order valence-electron chi connectivity index (χ2n) is 5.37. The molecule has 1 amide bonds. The molecule has 6 nitrogen and oxygen atoms in total. The van der Waals surface area contributed by atoms with Crippen molar-refractivity contribution in [3.05, 3.63) is 42.4 Å². The highest BCUT2D eigenvalue weighted by molar-refractivity contribution is 7.91. The van der Waals surface area contributed by atoms with Gasteiger partial charge in [-0.3, -0.25) is 4.79 Å².